The van der Waals surface area contributed by atoms with Crippen molar-refractivity contribution >= 4 is 11.3 Å². The van der Waals surface area contributed by atoms with Gasteiger partial charge in [-0.3, -0.25) is 0 Å². The van der Waals surface area contributed by atoms with Gasteiger partial charge in [-0.2, -0.15) is 20.1 Å². The van der Waals surface area contributed by atoms with Gasteiger partial charge in [0.05, 0.1) is 12.2 Å². The molecule has 0 unspecified atom stereocenters. The van der Waals surface area contributed by atoms with Crippen molar-refractivity contribution in [2.75, 3.05) is 6.61 Å². The molecule has 0 spiro atoms. The first-order valence-electron chi connectivity index (χ1n) is 3.71. The van der Waals surface area contributed by atoms with E-state index in [0.29, 0.717) is 6.42 Å². The number of ether oxygens (including phenoxy) is 1. The molecule has 0 N–H and O–H groups in total. The van der Waals surface area contributed by atoms with Crippen molar-refractivity contribution in [3.8, 4) is 0 Å². The summed E-state index contributed by atoms with van der Waals surface area (Å²) in [4.78, 5) is 0. The zero-order chi connectivity index (χ0) is 9.03. The Morgan fingerprint density at radius 3 is 2.83 bits per heavy atom. The van der Waals surface area contributed by atoms with Gasteiger partial charge in [-0.15, -0.1) is 0 Å². The summed E-state index contributed by atoms with van der Waals surface area (Å²) in [5.41, 5.74) is -0.0547. The predicted molar refractivity (Wildman–Crippen MR) is 44.5 cm³/mol. The topological polar surface area (TPSA) is 9.23 Å². The normalized spacial score (nSPS) is 11.9. The van der Waals surface area contributed by atoms with E-state index in [2.05, 4.69) is 4.74 Å². The van der Waals surface area contributed by atoms with Crippen molar-refractivity contribution in [2.24, 2.45) is 0 Å². The smallest absolute Gasteiger partial charge is 0.317 e. The molecule has 0 aliphatic carbocycles. The van der Waals surface area contributed by atoms with Crippen LogP contribution in [0.25, 0.3) is 0 Å². The molecule has 1 aromatic rings. The van der Waals surface area contributed by atoms with Crippen LogP contribution in [-0.2, 0) is 10.8 Å². The lowest BCUT2D eigenvalue weighted by Crippen LogP contribution is -2.17. The van der Waals surface area contributed by atoms with Gasteiger partial charge in [0, 0.05) is 5.38 Å². The minimum Gasteiger partial charge on any atom is -0.317 e. The predicted octanol–water partition coefficient (Wildman–Crippen LogP) is 3.22. The Morgan fingerprint density at radius 2 is 2.33 bits per heavy atom. The fourth-order valence-electron chi connectivity index (χ4n) is 0.744. The summed E-state index contributed by atoms with van der Waals surface area (Å²) in [6.07, 6.45) is -2.52. The van der Waals surface area contributed by atoms with Crippen LogP contribution in [0.1, 0.15) is 18.9 Å². The van der Waals surface area contributed by atoms with E-state index in [9.17, 15) is 8.78 Å². The fraction of sp³-hybridized carbons (Fsp3) is 0.500. The molecule has 0 bridgehead atoms. The van der Waals surface area contributed by atoms with Crippen LogP contribution in [0.4, 0.5) is 8.78 Å². The van der Waals surface area contributed by atoms with Gasteiger partial charge in [-0.1, -0.05) is 6.92 Å². The molecule has 0 atom stereocenters. The molecule has 0 aliphatic heterocycles. The first kappa shape index (κ1) is 9.61. The van der Waals surface area contributed by atoms with E-state index in [0.717, 1.165) is 0 Å². The highest BCUT2D eigenvalue weighted by Gasteiger charge is 2.32. The van der Waals surface area contributed by atoms with E-state index in [1.54, 1.807) is 12.3 Å². The Balaban J connectivity index is 2.59. The zero-order valence-electron chi connectivity index (χ0n) is 6.72. The molecule has 0 amide bonds. The third-order valence-corrected chi connectivity index (χ3v) is 2.03. The lowest BCUT2D eigenvalue weighted by molar-refractivity contribution is -0.248. The highest BCUT2D eigenvalue weighted by atomic mass is 32.1. The molecule has 0 aliphatic rings. The van der Waals surface area contributed by atoms with Crippen LogP contribution in [0.2, 0.25) is 0 Å². The van der Waals surface area contributed by atoms with Gasteiger partial charge in [0.1, 0.15) is 0 Å². The van der Waals surface area contributed by atoms with Crippen molar-refractivity contribution in [2.45, 2.75) is 19.5 Å². The monoisotopic (exact) mass is 192 g/mol. The number of rotatable bonds is 4. The molecule has 0 fully saturated rings. The maximum atomic E-state index is 13.0. The highest BCUT2D eigenvalue weighted by molar-refractivity contribution is 7.07. The van der Waals surface area contributed by atoms with Gasteiger partial charge in [0.25, 0.3) is 0 Å². The van der Waals surface area contributed by atoms with E-state index < -0.39 is 6.11 Å². The maximum absolute atomic E-state index is 13.0. The number of alkyl halides is 2. The molecule has 1 aromatic heterocycles. The van der Waals surface area contributed by atoms with Crippen LogP contribution in [0.3, 0.4) is 0 Å². The van der Waals surface area contributed by atoms with Gasteiger partial charge in [-0.05, 0) is 17.9 Å². The average Bonchev–Trinajstić information content (AvgIpc) is 2.53. The van der Waals surface area contributed by atoms with Gasteiger partial charge < -0.3 is 4.74 Å². The summed E-state index contributed by atoms with van der Waals surface area (Å²) in [5, 5.41) is 3.01. The van der Waals surface area contributed by atoms with Gasteiger partial charge in [0.2, 0.25) is 0 Å². The lowest BCUT2D eigenvalue weighted by atomic mass is 10.3. The van der Waals surface area contributed by atoms with Gasteiger partial charge >= 0.3 is 6.11 Å². The zero-order valence-corrected chi connectivity index (χ0v) is 7.54. The third-order valence-electron chi connectivity index (χ3n) is 1.34. The van der Waals surface area contributed by atoms with Crippen LogP contribution in [0, 0.1) is 0 Å². The summed E-state index contributed by atoms with van der Waals surface area (Å²) in [5.74, 6) is 0. The Hall–Kier alpha value is -0.480. The lowest BCUT2D eigenvalue weighted by Gasteiger charge is -2.14. The first-order chi connectivity index (χ1) is 5.67. The maximum Gasteiger partial charge on any atom is 0.384 e. The van der Waals surface area contributed by atoms with E-state index >= 15 is 0 Å². The quantitative estimate of drug-likeness (QED) is 0.711. The number of hydrogen-bond acceptors (Lipinski definition) is 2. The van der Waals surface area contributed by atoms with Crippen molar-refractivity contribution in [1.29, 1.82) is 0 Å². The summed E-state index contributed by atoms with van der Waals surface area (Å²) in [7, 11) is 0. The number of hydrogen-bond donors (Lipinski definition) is 0. The Kier molecular flexibility index (Phi) is 3.17. The molecule has 68 valence electrons. The van der Waals surface area contributed by atoms with Crippen molar-refractivity contribution < 1.29 is 13.5 Å². The second-order valence-corrected chi connectivity index (χ2v) is 3.16. The third kappa shape index (κ3) is 2.25. The van der Waals surface area contributed by atoms with Crippen LogP contribution in [-0.4, -0.2) is 6.61 Å². The van der Waals surface area contributed by atoms with Crippen molar-refractivity contribution in [1.82, 2.24) is 0 Å². The summed E-state index contributed by atoms with van der Waals surface area (Å²) in [6.45, 7) is 1.88. The fourth-order valence-corrected chi connectivity index (χ4v) is 1.41. The van der Waals surface area contributed by atoms with E-state index in [1.807, 2.05) is 0 Å². The number of thiophene rings is 1. The summed E-state index contributed by atoms with van der Waals surface area (Å²) in [6, 6.07) is 1.38. The molecule has 0 saturated heterocycles. The van der Waals surface area contributed by atoms with Crippen LogP contribution in [0.15, 0.2) is 16.8 Å². The minimum absolute atomic E-state index is 0.0547. The largest absolute Gasteiger partial charge is 0.384 e. The SMILES string of the molecule is CCCOC(F)(F)c1ccsc1. The van der Waals surface area contributed by atoms with E-state index in [-0.39, 0.29) is 12.2 Å². The van der Waals surface area contributed by atoms with Crippen LogP contribution in [0.5, 0.6) is 0 Å². The summed E-state index contributed by atoms with van der Waals surface area (Å²) < 4.78 is 30.3. The molecular weight excluding hydrogens is 182 g/mol. The van der Waals surface area contributed by atoms with Crippen LogP contribution < -0.4 is 0 Å². The standard InChI is InChI=1S/C8H10F2OS/c1-2-4-11-8(9,10)7-3-5-12-6-7/h3,5-6H,2,4H2,1H3. The average molecular weight is 192 g/mol. The van der Waals surface area contributed by atoms with E-state index in [4.69, 9.17) is 0 Å². The highest BCUT2D eigenvalue weighted by Crippen LogP contribution is 2.30. The Morgan fingerprint density at radius 1 is 1.58 bits per heavy atom. The molecular formula is C8H10F2OS. The second-order valence-electron chi connectivity index (χ2n) is 2.38. The van der Waals surface area contributed by atoms with Gasteiger partial charge in [0.15, 0.2) is 0 Å². The molecule has 1 heterocycles. The van der Waals surface area contributed by atoms with E-state index in [1.165, 1.54) is 22.8 Å². The molecule has 4 heteroatoms. The Bertz CT molecular complexity index is 221. The summed E-state index contributed by atoms with van der Waals surface area (Å²) >= 11 is 1.24. The molecule has 0 aromatic carbocycles. The molecule has 0 radical (unpaired) electrons. The minimum atomic E-state index is -3.12. The second kappa shape index (κ2) is 3.96. The molecule has 1 rings (SSSR count). The van der Waals surface area contributed by atoms with Gasteiger partial charge in [-0.25, -0.2) is 0 Å². The first-order valence-corrected chi connectivity index (χ1v) is 4.65. The van der Waals surface area contributed by atoms with Crippen molar-refractivity contribution in [3.63, 3.8) is 0 Å². The molecule has 1 nitrogen and oxygen atoms in total. The molecule has 0 saturated carbocycles. The van der Waals surface area contributed by atoms with Crippen LogP contribution >= 0.6 is 11.3 Å². The van der Waals surface area contributed by atoms with Crippen molar-refractivity contribution in [3.05, 3.63) is 22.4 Å². The molecule has 12 heavy (non-hydrogen) atoms. The Labute approximate surface area is 74.0 Å². The number of halogens is 2.